The van der Waals surface area contributed by atoms with Crippen LogP contribution in [0, 0.1) is 6.92 Å². The van der Waals surface area contributed by atoms with Crippen molar-refractivity contribution in [3.8, 4) is 0 Å². The van der Waals surface area contributed by atoms with Crippen molar-refractivity contribution in [2.75, 3.05) is 18.4 Å². The summed E-state index contributed by atoms with van der Waals surface area (Å²) in [6.07, 6.45) is 2.04. The predicted molar refractivity (Wildman–Crippen MR) is 97.2 cm³/mol. The van der Waals surface area contributed by atoms with Crippen LogP contribution in [0.25, 0.3) is 0 Å². The molecule has 1 aliphatic heterocycles. The second-order valence-electron chi connectivity index (χ2n) is 5.86. The summed E-state index contributed by atoms with van der Waals surface area (Å²) >= 11 is 6.00. The first-order chi connectivity index (χ1) is 11.0. The van der Waals surface area contributed by atoms with Gasteiger partial charge in [-0.1, -0.05) is 11.6 Å². The van der Waals surface area contributed by atoms with E-state index in [1.165, 1.54) is 0 Å². The van der Waals surface area contributed by atoms with Crippen molar-refractivity contribution in [3.05, 3.63) is 40.2 Å². The van der Waals surface area contributed by atoms with Crippen LogP contribution >= 0.6 is 24.0 Å². The molecule has 0 bridgehead atoms. The molecule has 1 aromatic heterocycles. The van der Waals surface area contributed by atoms with E-state index in [2.05, 4.69) is 20.7 Å². The van der Waals surface area contributed by atoms with Crippen LogP contribution in [0.1, 0.15) is 40.5 Å². The minimum absolute atomic E-state index is 0. The van der Waals surface area contributed by atoms with Gasteiger partial charge in [0.15, 0.2) is 5.82 Å². The molecule has 0 unspecified atom stereocenters. The Hall–Kier alpha value is -1.63. The van der Waals surface area contributed by atoms with Crippen molar-refractivity contribution >= 4 is 35.9 Å². The van der Waals surface area contributed by atoms with Crippen molar-refractivity contribution in [1.82, 2.24) is 20.1 Å². The first kappa shape index (κ1) is 18.7. The van der Waals surface area contributed by atoms with Crippen molar-refractivity contribution < 1.29 is 4.79 Å². The standard InChI is InChI=1S/C16H20ClN5O.ClH/c1-10-9-12(3-4-13(10)17)15(23)20-16-19-14(21-22(16)2)11-5-7-18-8-6-11;/h3-4,9,11,18H,5-8H2,1-2H3,(H,19,20,21,23);1H. The average Bonchev–Trinajstić information content (AvgIpc) is 2.92. The Bertz CT molecular complexity index is 725. The molecule has 1 saturated heterocycles. The second-order valence-corrected chi connectivity index (χ2v) is 6.27. The first-order valence-electron chi connectivity index (χ1n) is 7.74. The molecule has 1 fully saturated rings. The minimum atomic E-state index is -0.211. The zero-order valence-corrected chi connectivity index (χ0v) is 15.2. The van der Waals surface area contributed by atoms with Gasteiger partial charge in [-0.25, -0.2) is 4.68 Å². The summed E-state index contributed by atoms with van der Waals surface area (Å²) in [6.45, 7) is 3.83. The third-order valence-electron chi connectivity index (χ3n) is 4.13. The van der Waals surface area contributed by atoms with E-state index in [9.17, 15) is 4.79 Å². The molecule has 0 saturated carbocycles. The van der Waals surface area contributed by atoms with Gasteiger partial charge in [0.05, 0.1) is 0 Å². The first-order valence-corrected chi connectivity index (χ1v) is 8.11. The summed E-state index contributed by atoms with van der Waals surface area (Å²) < 4.78 is 1.62. The normalized spacial score (nSPS) is 15.0. The van der Waals surface area contributed by atoms with Gasteiger partial charge in [-0.3, -0.25) is 10.1 Å². The Morgan fingerprint density at radius 2 is 2.08 bits per heavy atom. The molecule has 1 aromatic carbocycles. The molecule has 2 aromatic rings. The van der Waals surface area contributed by atoms with E-state index in [1.807, 2.05) is 6.92 Å². The zero-order valence-electron chi connectivity index (χ0n) is 13.7. The second kappa shape index (κ2) is 7.96. The quantitative estimate of drug-likeness (QED) is 0.872. The fourth-order valence-corrected chi connectivity index (χ4v) is 2.84. The third-order valence-corrected chi connectivity index (χ3v) is 4.55. The van der Waals surface area contributed by atoms with Crippen molar-refractivity contribution in [3.63, 3.8) is 0 Å². The maximum Gasteiger partial charge on any atom is 0.258 e. The Kier molecular flexibility index (Phi) is 6.21. The molecule has 2 heterocycles. The molecule has 1 aliphatic rings. The van der Waals surface area contributed by atoms with Crippen molar-refractivity contribution in [2.24, 2.45) is 7.05 Å². The number of rotatable bonds is 3. The number of anilines is 1. The minimum Gasteiger partial charge on any atom is -0.317 e. The molecular weight excluding hydrogens is 349 g/mol. The van der Waals surface area contributed by atoms with Crippen LogP contribution < -0.4 is 10.6 Å². The van der Waals surface area contributed by atoms with E-state index in [-0.39, 0.29) is 18.3 Å². The van der Waals surface area contributed by atoms with Gasteiger partial charge in [-0.05, 0) is 56.6 Å². The Morgan fingerprint density at radius 1 is 1.38 bits per heavy atom. The van der Waals surface area contributed by atoms with Gasteiger partial charge < -0.3 is 5.32 Å². The number of nitrogens with one attached hydrogen (secondary N) is 2. The molecule has 0 aliphatic carbocycles. The molecule has 24 heavy (non-hydrogen) atoms. The van der Waals surface area contributed by atoms with Gasteiger partial charge >= 0.3 is 0 Å². The van der Waals surface area contributed by atoms with Gasteiger partial charge in [0.1, 0.15) is 0 Å². The number of aromatic nitrogens is 3. The van der Waals surface area contributed by atoms with Crippen LogP contribution in [0.3, 0.4) is 0 Å². The van der Waals surface area contributed by atoms with E-state index in [4.69, 9.17) is 11.6 Å². The number of hydrogen-bond acceptors (Lipinski definition) is 4. The molecule has 8 heteroatoms. The highest BCUT2D eigenvalue weighted by molar-refractivity contribution is 6.31. The maximum absolute atomic E-state index is 12.4. The average molecular weight is 370 g/mol. The monoisotopic (exact) mass is 369 g/mol. The lowest BCUT2D eigenvalue weighted by Crippen LogP contribution is -2.27. The number of carbonyl (C=O) groups excluding carboxylic acids is 1. The number of aryl methyl sites for hydroxylation is 2. The van der Waals surface area contributed by atoms with Crippen molar-refractivity contribution in [2.45, 2.75) is 25.7 Å². The molecule has 130 valence electrons. The lowest BCUT2D eigenvalue weighted by Gasteiger charge is -2.19. The topological polar surface area (TPSA) is 71.8 Å². The molecule has 0 spiro atoms. The zero-order chi connectivity index (χ0) is 16.4. The Balaban J connectivity index is 0.00000208. The van der Waals surface area contributed by atoms with E-state index in [0.29, 0.717) is 22.5 Å². The Labute approximate surface area is 152 Å². The summed E-state index contributed by atoms with van der Waals surface area (Å²) in [6, 6.07) is 5.19. The highest BCUT2D eigenvalue weighted by Crippen LogP contribution is 2.23. The van der Waals surface area contributed by atoms with Crippen molar-refractivity contribution in [1.29, 1.82) is 0 Å². The van der Waals surface area contributed by atoms with Gasteiger partial charge in [-0.2, -0.15) is 10.1 Å². The summed E-state index contributed by atoms with van der Waals surface area (Å²) in [5.41, 5.74) is 1.42. The molecular formula is C16H21Cl2N5O. The molecule has 0 radical (unpaired) electrons. The van der Waals surface area contributed by atoms with Gasteiger partial charge in [0, 0.05) is 23.6 Å². The van der Waals surface area contributed by atoms with Crippen LogP contribution in [0.4, 0.5) is 5.95 Å². The fraction of sp³-hybridized carbons (Fsp3) is 0.438. The van der Waals surface area contributed by atoms with E-state index >= 15 is 0 Å². The molecule has 3 rings (SSSR count). The smallest absolute Gasteiger partial charge is 0.258 e. The molecule has 2 N–H and O–H groups in total. The SMILES string of the molecule is Cc1cc(C(=O)Nc2nc(C3CCNCC3)nn2C)ccc1Cl.Cl. The number of halogens is 2. The number of nitrogens with zero attached hydrogens (tertiary/aromatic N) is 3. The summed E-state index contributed by atoms with van der Waals surface area (Å²) in [7, 11) is 1.79. The summed E-state index contributed by atoms with van der Waals surface area (Å²) in [5.74, 6) is 1.41. The van der Waals surface area contributed by atoms with Crippen LogP contribution in [0.2, 0.25) is 5.02 Å². The maximum atomic E-state index is 12.4. The van der Waals surface area contributed by atoms with Crippen LogP contribution in [0.5, 0.6) is 0 Å². The van der Waals surface area contributed by atoms with Gasteiger partial charge in [-0.15, -0.1) is 12.4 Å². The molecule has 6 nitrogen and oxygen atoms in total. The highest BCUT2D eigenvalue weighted by atomic mass is 35.5. The number of carbonyl (C=O) groups is 1. The summed E-state index contributed by atoms with van der Waals surface area (Å²) in [4.78, 5) is 16.9. The van der Waals surface area contributed by atoms with Crippen LogP contribution in [0.15, 0.2) is 18.2 Å². The van der Waals surface area contributed by atoms with Crippen LogP contribution in [-0.4, -0.2) is 33.8 Å². The van der Waals surface area contributed by atoms with E-state index in [0.717, 1.165) is 37.3 Å². The molecule has 0 atom stereocenters. The number of hydrogen-bond donors (Lipinski definition) is 2. The van der Waals surface area contributed by atoms with E-state index < -0.39 is 0 Å². The van der Waals surface area contributed by atoms with E-state index in [1.54, 1.807) is 29.9 Å². The predicted octanol–water partition coefficient (Wildman–Crippen LogP) is 2.92. The van der Waals surface area contributed by atoms with Gasteiger partial charge in [0.25, 0.3) is 5.91 Å². The highest BCUT2D eigenvalue weighted by Gasteiger charge is 2.21. The molecule has 1 amide bonds. The third kappa shape index (κ3) is 4.06. The number of benzene rings is 1. The fourth-order valence-electron chi connectivity index (χ4n) is 2.73. The van der Waals surface area contributed by atoms with Crippen LogP contribution in [-0.2, 0) is 7.05 Å². The summed E-state index contributed by atoms with van der Waals surface area (Å²) in [5, 5.41) is 11.3. The van der Waals surface area contributed by atoms with Gasteiger partial charge in [0.2, 0.25) is 5.95 Å². The lowest BCUT2D eigenvalue weighted by molar-refractivity contribution is 0.102. The number of amides is 1. The Morgan fingerprint density at radius 3 is 2.75 bits per heavy atom. The number of piperidine rings is 1. The largest absolute Gasteiger partial charge is 0.317 e. The lowest BCUT2D eigenvalue weighted by atomic mass is 9.98.